The van der Waals surface area contributed by atoms with E-state index in [2.05, 4.69) is 30.7 Å². The van der Waals surface area contributed by atoms with Crippen LogP contribution in [0.2, 0.25) is 0 Å². The molecule has 21 heavy (non-hydrogen) atoms. The van der Waals surface area contributed by atoms with Crippen LogP contribution < -0.4 is 0 Å². The number of aromatic nitrogens is 2. The second-order valence-corrected chi connectivity index (χ2v) is 7.72. The van der Waals surface area contributed by atoms with Crippen molar-refractivity contribution in [3.63, 3.8) is 0 Å². The average Bonchev–Trinajstić information content (AvgIpc) is 2.64. The zero-order valence-corrected chi connectivity index (χ0v) is 13.6. The standard InChI is InChI=1S/C15H24F3N3/c1-13(2,3)11-10-9-20(14(4,5)6)7-8-21(10)12(19-11)15(16,17)18/h7-9H2,1-6H3. The molecule has 0 atom stereocenters. The van der Waals surface area contributed by atoms with E-state index in [1.807, 2.05) is 20.8 Å². The molecule has 0 bridgehead atoms. The Morgan fingerprint density at radius 3 is 1.95 bits per heavy atom. The van der Waals surface area contributed by atoms with Gasteiger partial charge in [0.2, 0.25) is 5.82 Å². The van der Waals surface area contributed by atoms with Gasteiger partial charge < -0.3 is 4.57 Å². The van der Waals surface area contributed by atoms with Crippen LogP contribution in [0.3, 0.4) is 0 Å². The number of rotatable bonds is 0. The van der Waals surface area contributed by atoms with Crippen molar-refractivity contribution in [2.45, 2.75) is 71.8 Å². The molecule has 1 aromatic rings. The first-order chi connectivity index (χ1) is 9.32. The van der Waals surface area contributed by atoms with Crippen LogP contribution in [-0.4, -0.2) is 26.5 Å². The smallest absolute Gasteiger partial charge is 0.322 e. The van der Waals surface area contributed by atoms with E-state index in [0.29, 0.717) is 31.0 Å². The molecule has 0 saturated heterocycles. The molecule has 0 fully saturated rings. The van der Waals surface area contributed by atoms with Crippen LogP contribution in [0.15, 0.2) is 0 Å². The minimum absolute atomic E-state index is 0.0664. The second-order valence-electron chi connectivity index (χ2n) is 7.72. The first-order valence-corrected chi connectivity index (χ1v) is 7.24. The molecule has 0 aliphatic carbocycles. The fourth-order valence-corrected chi connectivity index (χ4v) is 2.76. The third kappa shape index (κ3) is 3.10. The maximum absolute atomic E-state index is 13.2. The molecular formula is C15H24F3N3. The number of hydrogen-bond donors (Lipinski definition) is 0. The Kier molecular flexibility index (Phi) is 3.68. The summed E-state index contributed by atoms with van der Waals surface area (Å²) in [6.07, 6.45) is -4.40. The summed E-state index contributed by atoms with van der Waals surface area (Å²) < 4.78 is 41.0. The highest BCUT2D eigenvalue weighted by Crippen LogP contribution is 2.37. The summed E-state index contributed by atoms with van der Waals surface area (Å²) in [5.74, 6) is -0.754. The third-order valence-electron chi connectivity index (χ3n) is 3.92. The van der Waals surface area contributed by atoms with Gasteiger partial charge in [0, 0.05) is 30.6 Å². The molecule has 0 amide bonds. The zero-order valence-electron chi connectivity index (χ0n) is 13.6. The minimum Gasteiger partial charge on any atom is -0.322 e. The molecule has 6 heteroatoms. The monoisotopic (exact) mass is 303 g/mol. The number of imidazole rings is 1. The molecule has 0 spiro atoms. The molecule has 2 rings (SSSR count). The number of alkyl halides is 3. The lowest BCUT2D eigenvalue weighted by molar-refractivity contribution is -0.148. The van der Waals surface area contributed by atoms with E-state index in [4.69, 9.17) is 0 Å². The van der Waals surface area contributed by atoms with Gasteiger partial charge in [-0.05, 0) is 20.8 Å². The molecule has 0 saturated carbocycles. The maximum Gasteiger partial charge on any atom is 0.449 e. The Hall–Kier alpha value is -1.04. The predicted molar refractivity (Wildman–Crippen MR) is 76.1 cm³/mol. The Bertz CT molecular complexity index is 530. The van der Waals surface area contributed by atoms with Gasteiger partial charge in [0.05, 0.1) is 11.4 Å². The maximum atomic E-state index is 13.2. The first kappa shape index (κ1) is 16.3. The van der Waals surface area contributed by atoms with Gasteiger partial charge in [0.25, 0.3) is 0 Å². The SMILES string of the molecule is CC(C)(C)c1nc(C(F)(F)F)n2c1CN(C(C)(C)C)CC2. The number of halogens is 3. The first-order valence-electron chi connectivity index (χ1n) is 7.24. The Morgan fingerprint density at radius 1 is 0.952 bits per heavy atom. The Balaban J connectivity index is 2.54. The Morgan fingerprint density at radius 2 is 1.52 bits per heavy atom. The molecule has 1 aliphatic rings. The predicted octanol–water partition coefficient (Wildman–Crippen LogP) is 3.81. The molecule has 0 unspecified atom stereocenters. The van der Waals surface area contributed by atoms with Gasteiger partial charge in [-0.25, -0.2) is 4.98 Å². The van der Waals surface area contributed by atoms with Gasteiger partial charge in [0.15, 0.2) is 0 Å². The average molecular weight is 303 g/mol. The van der Waals surface area contributed by atoms with Crippen molar-refractivity contribution in [3.8, 4) is 0 Å². The van der Waals surface area contributed by atoms with E-state index in [-0.39, 0.29) is 5.54 Å². The van der Waals surface area contributed by atoms with Crippen molar-refractivity contribution < 1.29 is 13.2 Å². The Labute approximate surface area is 124 Å². The van der Waals surface area contributed by atoms with Crippen LogP contribution in [0.4, 0.5) is 13.2 Å². The summed E-state index contributed by atoms with van der Waals surface area (Å²) in [5, 5.41) is 0. The second kappa shape index (κ2) is 4.73. The lowest BCUT2D eigenvalue weighted by Crippen LogP contribution is -2.46. The van der Waals surface area contributed by atoms with Crippen LogP contribution in [0.5, 0.6) is 0 Å². The molecule has 120 valence electrons. The molecule has 3 nitrogen and oxygen atoms in total. The van der Waals surface area contributed by atoms with Crippen molar-refractivity contribution >= 4 is 0 Å². The highest BCUT2D eigenvalue weighted by molar-refractivity contribution is 5.27. The van der Waals surface area contributed by atoms with Crippen molar-refractivity contribution in [3.05, 3.63) is 17.2 Å². The third-order valence-corrected chi connectivity index (χ3v) is 3.92. The molecule has 1 aromatic heterocycles. The van der Waals surface area contributed by atoms with E-state index >= 15 is 0 Å². The number of hydrogen-bond acceptors (Lipinski definition) is 2. The van der Waals surface area contributed by atoms with Crippen molar-refractivity contribution in [1.82, 2.24) is 14.5 Å². The van der Waals surface area contributed by atoms with E-state index < -0.39 is 17.4 Å². The molecule has 2 heterocycles. The molecule has 0 aromatic carbocycles. The van der Waals surface area contributed by atoms with E-state index in [0.717, 1.165) is 0 Å². The van der Waals surface area contributed by atoms with Gasteiger partial charge in [-0.1, -0.05) is 20.8 Å². The quantitative estimate of drug-likeness (QED) is 0.726. The summed E-state index contributed by atoms with van der Waals surface area (Å²) in [4.78, 5) is 6.17. The summed E-state index contributed by atoms with van der Waals surface area (Å²) in [6.45, 7) is 13.4. The normalized spacial score (nSPS) is 18.0. The van der Waals surface area contributed by atoms with Crippen LogP contribution in [-0.2, 0) is 24.7 Å². The molecule has 0 N–H and O–H groups in total. The van der Waals surface area contributed by atoms with Crippen molar-refractivity contribution in [2.75, 3.05) is 6.54 Å². The van der Waals surface area contributed by atoms with Crippen molar-refractivity contribution in [2.24, 2.45) is 0 Å². The fraction of sp³-hybridized carbons (Fsp3) is 0.800. The van der Waals surface area contributed by atoms with Crippen LogP contribution >= 0.6 is 0 Å². The van der Waals surface area contributed by atoms with Gasteiger partial charge in [0.1, 0.15) is 0 Å². The molecule has 0 radical (unpaired) electrons. The van der Waals surface area contributed by atoms with E-state index in [1.165, 1.54) is 4.57 Å². The van der Waals surface area contributed by atoms with Crippen LogP contribution in [0, 0.1) is 0 Å². The summed E-state index contributed by atoms with van der Waals surface area (Å²) in [5.41, 5.74) is 0.796. The van der Waals surface area contributed by atoms with E-state index in [1.54, 1.807) is 0 Å². The minimum atomic E-state index is -4.40. The summed E-state index contributed by atoms with van der Waals surface area (Å²) in [7, 11) is 0. The van der Waals surface area contributed by atoms with Gasteiger partial charge in [-0.3, -0.25) is 4.90 Å². The highest BCUT2D eigenvalue weighted by atomic mass is 19.4. The van der Waals surface area contributed by atoms with Gasteiger partial charge in [-0.2, -0.15) is 13.2 Å². The lowest BCUT2D eigenvalue weighted by atomic mass is 9.90. The van der Waals surface area contributed by atoms with Crippen LogP contribution in [0.1, 0.15) is 58.8 Å². The fourth-order valence-electron chi connectivity index (χ4n) is 2.76. The van der Waals surface area contributed by atoms with Gasteiger partial charge in [-0.15, -0.1) is 0 Å². The zero-order chi connectivity index (χ0) is 16.2. The summed E-state index contributed by atoms with van der Waals surface area (Å²) >= 11 is 0. The molecular weight excluding hydrogens is 279 g/mol. The number of nitrogens with zero attached hydrogens (tertiary/aromatic N) is 3. The highest BCUT2D eigenvalue weighted by Gasteiger charge is 2.42. The number of fused-ring (bicyclic) bond motifs is 1. The lowest BCUT2D eigenvalue weighted by Gasteiger charge is -2.39. The summed E-state index contributed by atoms with van der Waals surface area (Å²) in [6, 6.07) is 0. The van der Waals surface area contributed by atoms with Crippen LogP contribution in [0.25, 0.3) is 0 Å². The van der Waals surface area contributed by atoms with Gasteiger partial charge >= 0.3 is 6.18 Å². The topological polar surface area (TPSA) is 21.1 Å². The largest absolute Gasteiger partial charge is 0.449 e. The van der Waals surface area contributed by atoms with Crippen molar-refractivity contribution in [1.29, 1.82) is 0 Å². The molecule has 1 aliphatic heterocycles. The van der Waals surface area contributed by atoms with E-state index in [9.17, 15) is 13.2 Å².